The highest BCUT2D eigenvalue weighted by Crippen LogP contribution is 2.14. The van der Waals surface area contributed by atoms with Crippen molar-refractivity contribution in [2.24, 2.45) is 0 Å². The summed E-state index contributed by atoms with van der Waals surface area (Å²) in [4.78, 5) is 11.5. The molecule has 0 aromatic rings. The number of unbranched alkanes of at least 4 members (excludes halogenated alkanes) is 7. The van der Waals surface area contributed by atoms with Crippen LogP contribution in [0.4, 0.5) is 0 Å². The average molecular weight is 315 g/mol. The minimum Gasteiger partial charge on any atom is -0.460 e. The van der Waals surface area contributed by atoms with Crippen molar-refractivity contribution in [1.82, 2.24) is 0 Å². The minimum atomic E-state index is -0.410. The third kappa shape index (κ3) is 15.8. The molecule has 0 saturated carbocycles. The smallest absolute Gasteiger partial charge is 0.306 e. The third-order valence-corrected chi connectivity index (χ3v) is 3.73. The maximum atomic E-state index is 11.5. The predicted molar refractivity (Wildman–Crippen MR) is 92.9 cm³/mol. The molecule has 0 aliphatic rings. The molecule has 1 N–H and O–H groups in total. The number of hydrogen-bond acceptors (Lipinski definition) is 3. The number of hydrogen-bond donors (Lipinski definition) is 1. The summed E-state index contributed by atoms with van der Waals surface area (Å²) in [7, 11) is 0. The molecule has 0 spiro atoms. The Morgan fingerprint density at radius 2 is 1.41 bits per heavy atom. The van der Waals surface area contributed by atoms with Gasteiger partial charge >= 0.3 is 5.97 Å². The van der Waals surface area contributed by atoms with Gasteiger partial charge in [-0.2, -0.15) is 0 Å². The summed E-state index contributed by atoms with van der Waals surface area (Å²) in [5.74, 6) is -0.160. The summed E-state index contributed by atoms with van der Waals surface area (Å²) >= 11 is 0. The summed E-state index contributed by atoms with van der Waals surface area (Å²) in [5, 5.41) is 9.92. The van der Waals surface area contributed by atoms with Gasteiger partial charge in [0, 0.05) is 6.42 Å². The van der Waals surface area contributed by atoms with Crippen molar-refractivity contribution in [3.05, 3.63) is 0 Å². The van der Waals surface area contributed by atoms with Crippen LogP contribution in [0.25, 0.3) is 0 Å². The van der Waals surface area contributed by atoms with Gasteiger partial charge < -0.3 is 9.84 Å². The van der Waals surface area contributed by atoms with Crippen molar-refractivity contribution in [1.29, 1.82) is 0 Å². The Hall–Kier alpha value is -0.570. The highest BCUT2D eigenvalue weighted by atomic mass is 16.6. The molecule has 0 heterocycles. The Labute approximate surface area is 137 Å². The van der Waals surface area contributed by atoms with Crippen LogP contribution < -0.4 is 0 Å². The lowest BCUT2D eigenvalue weighted by Crippen LogP contribution is -2.23. The van der Waals surface area contributed by atoms with Gasteiger partial charge in [-0.05, 0) is 40.0 Å². The normalized spacial score (nSPS) is 13.1. The zero-order chi connectivity index (χ0) is 16.8. The maximum absolute atomic E-state index is 11.5. The molecule has 0 aromatic carbocycles. The fourth-order valence-corrected chi connectivity index (χ4v) is 2.53. The SMILES string of the molecule is CCCCCCCCCC[C@@H](O)CCCC(=O)OC(C)(C)C. The molecular formula is C19H38O3. The monoisotopic (exact) mass is 314 g/mol. The summed E-state index contributed by atoms with van der Waals surface area (Å²) < 4.78 is 5.25. The molecule has 0 aliphatic heterocycles. The van der Waals surface area contributed by atoms with Crippen LogP contribution in [-0.2, 0) is 9.53 Å². The molecule has 0 unspecified atom stereocenters. The average Bonchev–Trinajstić information content (AvgIpc) is 2.39. The van der Waals surface area contributed by atoms with Crippen LogP contribution in [0.15, 0.2) is 0 Å². The first-order chi connectivity index (χ1) is 10.3. The first-order valence-electron chi connectivity index (χ1n) is 9.25. The van der Waals surface area contributed by atoms with Crippen LogP contribution in [0.5, 0.6) is 0 Å². The van der Waals surface area contributed by atoms with Crippen LogP contribution in [0.2, 0.25) is 0 Å². The molecular weight excluding hydrogens is 276 g/mol. The molecule has 0 aliphatic carbocycles. The standard InChI is InChI=1S/C19H38O3/c1-5-6-7-8-9-10-11-12-14-17(20)15-13-16-18(21)22-19(2,3)4/h17,20H,5-16H2,1-4H3/t17-/m1/s1. The molecule has 0 fully saturated rings. The van der Waals surface area contributed by atoms with Crippen molar-refractivity contribution in [2.75, 3.05) is 0 Å². The Morgan fingerprint density at radius 1 is 0.909 bits per heavy atom. The van der Waals surface area contributed by atoms with E-state index in [1.807, 2.05) is 20.8 Å². The number of rotatable bonds is 13. The van der Waals surface area contributed by atoms with Crippen LogP contribution in [0.3, 0.4) is 0 Å². The van der Waals surface area contributed by atoms with Crippen LogP contribution in [0.1, 0.15) is 105 Å². The highest BCUT2D eigenvalue weighted by Gasteiger charge is 2.16. The van der Waals surface area contributed by atoms with Crippen LogP contribution in [0, 0.1) is 0 Å². The molecule has 0 aromatic heterocycles. The van der Waals surface area contributed by atoms with Gasteiger partial charge in [-0.25, -0.2) is 0 Å². The van der Waals surface area contributed by atoms with Crippen molar-refractivity contribution >= 4 is 5.97 Å². The van der Waals surface area contributed by atoms with Crippen molar-refractivity contribution in [2.45, 2.75) is 116 Å². The van der Waals surface area contributed by atoms with Gasteiger partial charge in [0.1, 0.15) is 5.60 Å². The fraction of sp³-hybridized carbons (Fsp3) is 0.947. The number of aliphatic hydroxyl groups excluding tert-OH is 1. The first-order valence-corrected chi connectivity index (χ1v) is 9.25. The summed E-state index contributed by atoms with van der Waals surface area (Å²) in [6.45, 7) is 7.87. The quantitative estimate of drug-likeness (QED) is 0.366. The predicted octanol–water partition coefficient (Wildman–Crippen LogP) is 5.39. The molecule has 0 rings (SSSR count). The molecule has 0 saturated heterocycles. The van der Waals surface area contributed by atoms with E-state index in [0.29, 0.717) is 19.3 Å². The second-order valence-corrected chi connectivity index (χ2v) is 7.40. The van der Waals surface area contributed by atoms with Crippen molar-refractivity contribution in [3.8, 4) is 0 Å². The molecule has 22 heavy (non-hydrogen) atoms. The molecule has 3 nitrogen and oxygen atoms in total. The molecule has 0 radical (unpaired) electrons. The van der Waals surface area contributed by atoms with Gasteiger partial charge in [0.05, 0.1) is 6.10 Å². The van der Waals surface area contributed by atoms with Crippen LogP contribution >= 0.6 is 0 Å². The van der Waals surface area contributed by atoms with E-state index in [2.05, 4.69) is 6.92 Å². The van der Waals surface area contributed by atoms with Crippen molar-refractivity contribution < 1.29 is 14.6 Å². The van der Waals surface area contributed by atoms with E-state index >= 15 is 0 Å². The molecule has 3 heteroatoms. The highest BCUT2D eigenvalue weighted by molar-refractivity contribution is 5.69. The lowest BCUT2D eigenvalue weighted by atomic mass is 10.0. The van der Waals surface area contributed by atoms with E-state index in [1.54, 1.807) is 0 Å². The number of carbonyl (C=O) groups is 1. The molecule has 132 valence electrons. The number of aliphatic hydroxyl groups is 1. The fourth-order valence-electron chi connectivity index (χ4n) is 2.53. The first kappa shape index (κ1) is 21.4. The zero-order valence-electron chi connectivity index (χ0n) is 15.3. The number of carbonyl (C=O) groups excluding carboxylic acids is 1. The minimum absolute atomic E-state index is 0.160. The van der Waals surface area contributed by atoms with Gasteiger partial charge in [0.25, 0.3) is 0 Å². The molecule has 0 amide bonds. The second-order valence-electron chi connectivity index (χ2n) is 7.40. The number of esters is 1. The van der Waals surface area contributed by atoms with Crippen LogP contribution in [-0.4, -0.2) is 22.8 Å². The topological polar surface area (TPSA) is 46.5 Å². The van der Waals surface area contributed by atoms with E-state index in [4.69, 9.17) is 4.74 Å². The summed E-state index contributed by atoms with van der Waals surface area (Å²) in [6.07, 6.45) is 12.7. The maximum Gasteiger partial charge on any atom is 0.306 e. The Balaban J connectivity index is 3.39. The van der Waals surface area contributed by atoms with Gasteiger partial charge in [-0.15, -0.1) is 0 Å². The molecule has 0 bridgehead atoms. The Bertz CT molecular complexity index is 268. The Morgan fingerprint density at radius 3 is 1.95 bits per heavy atom. The lowest BCUT2D eigenvalue weighted by Gasteiger charge is -2.19. The van der Waals surface area contributed by atoms with E-state index in [9.17, 15) is 9.90 Å². The van der Waals surface area contributed by atoms with E-state index < -0.39 is 5.60 Å². The van der Waals surface area contributed by atoms with E-state index in [1.165, 1.54) is 44.9 Å². The zero-order valence-corrected chi connectivity index (χ0v) is 15.3. The molecule has 1 atom stereocenters. The lowest BCUT2D eigenvalue weighted by molar-refractivity contribution is -0.155. The van der Waals surface area contributed by atoms with Gasteiger partial charge in [0.2, 0.25) is 0 Å². The van der Waals surface area contributed by atoms with Gasteiger partial charge in [-0.1, -0.05) is 58.3 Å². The van der Waals surface area contributed by atoms with Crippen molar-refractivity contribution in [3.63, 3.8) is 0 Å². The summed E-state index contributed by atoms with van der Waals surface area (Å²) in [6, 6.07) is 0. The largest absolute Gasteiger partial charge is 0.460 e. The van der Waals surface area contributed by atoms with E-state index in [-0.39, 0.29) is 12.1 Å². The van der Waals surface area contributed by atoms with Gasteiger partial charge in [-0.3, -0.25) is 4.79 Å². The number of ether oxygens (including phenoxy) is 1. The summed E-state index contributed by atoms with van der Waals surface area (Å²) in [5.41, 5.74) is -0.410. The van der Waals surface area contributed by atoms with Gasteiger partial charge in [0.15, 0.2) is 0 Å². The Kier molecular flexibility index (Phi) is 12.6. The van der Waals surface area contributed by atoms with E-state index in [0.717, 1.165) is 12.8 Å². The second kappa shape index (κ2) is 12.9. The third-order valence-electron chi connectivity index (χ3n) is 3.73.